The predicted octanol–water partition coefficient (Wildman–Crippen LogP) is 2.16. The molecule has 0 aromatic carbocycles. The number of aliphatic hydroxyl groups is 1. The van der Waals surface area contributed by atoms with Gasteiger partial charge in [-0.3, -0.25) is 4.79 Å². The van der Waals surface area contributed by atoms with Crippen LogP contribution in [0.2, 0.25) is 5.02 Å². The van der Waals surface area contributed by atoms with Gasteiger partial charge >= 0.3 is 0 Å². The van der Waals surface area contributed by atoms with E-state index in [4.69, 9.17) is 16.7 Å². The average molecular weight is 298 g/mol. The number of hydrogen-bond acceptors (Lipinski definition) is 4. The summed E-state index contributed by atoms with van der Waals surface area (Å²) in [5, 5.41) is 12.2. The van der Waals surface area contributed by atoms with Crippen molar-refractivity contribution in [3.8, 4) is 0 Å². The molecule has 1 amide bonds. The fourth-order valence-electron chi connectivity index (χ4n) is 2.25. The highest BCUT2D eigenvalue weighted by molar-refractivity contribution is 6.33. The van der Waals surface area contributed by atoms with Crippen molar-refractivity contribution in [2.24, 2.45) is 0 Å². The number of anilines is 1. The molecule has 20 heavy (non-hydrogen) atoms. The molecule has 1 aromatic heterocycles. The largest absolute Gasteiger partial charge is 0.396 e. The topological polar surface area (TPSA) is 65.5 Å². The Morgan fingerprint density at radius 2 is 2.15 bits per heavy atom. The van der Waals surface area contributed by atoms with E-state index in [2.05, 4.69) is 10.3 Å². The molecule has 2 N–H and O–H groups in total. The van der Waals surface area contributed by atoms with Gasteiger partial charge in [0, 0.05) is 32.4 Å². The minimum atomic E-state index is 0.000934. The summed E-state index contributed by atoms with van der Waals surface area (Å²) in [6.07, 6.45) is 5.51. The molecule has 0 spiro atoms. The first-order valence-corrected chi connectivity index (χ1v) is 7.39. The summed E-state index contributed by atoms with van der Waals surface area (Å²) in [7, 11) is 0. The first-order valence-electron chi connectivity index (χ1n) is 7.02. The molecule has 1 saturated heterocycles. The number of hydrogen-bond donors (Lipinski definition) is 2. The number of carbonyl (C=O) groups excluding carboxylic acids is 1. The number of likely N-dealkylation sites (tertiary alicyclic amines) is 1. The van der Waals surface area contributed by atoms with Gasteiger partial charge in [0.15, 0.2) is 0 Å². The normalized spacial score (nSPS) is 15.2. The zero-order chi connectivity index (χ0) is 14.4. The summed E-state index contributed by atoms with van der Waals surface area (Å²) < 4.78 is 0. The predicted molar refractivity (Wildman–Crippen MR) is 79.2 cm³/mol. The number of pyridine rings is 1. The molecule has 1 fully saturated rings. The monoisotopic (exact) mass is 297 g/mol. The molecule has 2 heterocycles. The van der Waals surface area contributed by atoms with Gasteiger partial charge in [0.1, 0.15) is 5.82 Å². The summed E-state index contributed by atoms with van der Waals surface area (Å²) in [5.41, 5.74) is 0.532. The van der Waals surface area contributed by atoms with Gasteiger partial charge in [-0.25, -0.2) is 4.98 Å². The van der Waals surface area contributed by atoms with Gasteiger partial charge in [-0.15, -0.1) is 0 Å². The lowest BCUT2D eigenvalue weighted by molar-refractivity contribution is 0.0724. The van der Waals surface area contributed by atoms with Crippen LogP contribution in [0.4, 0.5) is 5.82 Å². The second kappa shape index (κ2) is 7.45. The molecule has 1 aliphatic heterocycles. The number of rotatable bonds is 5. The molecule has 5 nitrogen and oxygen atoms in total. The fraction of sp³-hybridized carbons (Fsp3) is 0.571. The van der Waals surface area contributed by atoms with Gasteiger partial charge in [0.05, 0.1) is 10.6 Å². The SMILES string of the molecule is O=C(c1cnc(NCCCO)c(Cl)c1)N1CCCCC1. The van der Waals surface area contributed by atoms with E-state index in [1.807, 2.05) is 4.90 Å². The number of amides is 1. The van der Waals surface area contributed by atoms with Crippen LogP contribution in [-0.4, -0.2) is 47.1 Å². The minimum absolute atomic E-state index is 0.000934. The van der Waals surface area contributed by atoms with Crippen LogP contribution in [0.15, 0.2) is 12.3 Å². The third kappa shape index (κ3) is 3.84. The van der Waals surface area contributed by atoms with Crippen molar-refractivity contribution in [2.45, 2.75) is 25.7 Å². The van der Waals surface area contributed by atoms with E-state index >= 15 is 0 Å². The van der Waals surface area contributed by atoms with Crippen LogP contribution in [0.25, 0.3) is 0 Å². The fourth-order valence-corrected chi connectivity index (χ4v) is 2.48. The highest BCUT2D eigenvalue weighted by atomic mass is 35.5. The zero-order valence-electron chi connectivity index (χ0n) is 11.4. The number of nitrogens with one attached hydrogen (secondary N) is 1. The van der Waals surface area contributed by atoms with E-state index in [0.717, 1.165) is 25.9 Å². The molecule has 0 aliphatic carbocycles. The zero-order valence-corrected chi connectivity index (χ0v) is 12.2. The molecule has 0 unspecified atom stereocenters. The lowest BCUT2D eigenvalue weighted by Crippen LogP contribution is -2.35. The number of aliphatic hydroxyl groups excluding tert-OH is 1. The van der Waals surface area contributed by atoms with E-state index < -0.39 is 0 Å². The van der Waals surface area contributed by atoms with Crippen molar-refractivity contribution < 1.29 is 9.90 Å². The van der Waals surface area contributed by atoms with Gasteiger partial charge < -0.3 is 15.3 Å². The van der Waals surface area contributed by atoms with Gasteiger partial charge in [-0.1, -0.05) is 11.6 Å². The van der Waals surface area contributed by atoms with Crippen molar-refractivity contribution >= 4 is 23.3 Å². The maximum absolute atomic E-state index is 12.3. The van der Waals surface area contributed by atoms with E-state index in [9.17, 15) is 4.79 Å². The van der Waals surface area contributed by atoms with E-state index in [1.165, 1.54) is 6.42 Å². The quantitative estimate of drug-likeness (QED) is 0.818. The Morgan fingerprint density at radius 1 is 1.40 bits per heavy atom. The van der Waals surface area contributed by atoms with Crippen LogP contribution in [-0.2, 0) is 0 Å². The average Bonchev–Trinajstić information content (AvgIpc) is 2.49. The molecule has 0 radical (unpaired) electrons. The van der Waals surface area contributed by atoms with Crippen LogP contribution in [0.5, 0.6) is 0 Å². The van der Waals surface area contributed by atoms with Crippen LogP contribution in [0.1, 0.15) is 36.0 Å². The Morgan fingerprint density at radius 3 is 2.80 bits per heavy atom. The Kier molecular flexibility index (Phi) is 5.61. The van der Waals surface area contributed by atoms with Crippen LogP contribution in [0, 0.1) is 0 Å². The first kappa shape index (κ1) is 15.1. The van der Waals surface area contributed by atoms with Crippen LogP contribution >= 0.6 is 11.6 Å². The van der Waals surface area contributed by atoms with Crippen molar-refractivity contribution in [1.29, 1.82) is 0 Å². The second-order valence-electron chi connectivity index (χ2n) is 4.91. The molecule has 0 bridgehead atoms. The second-order valence-corrected chi connectivity index (χ2v) is 5.32. The van der Waals surface area contributed by atoms with Crippen molar-refractivity contribution in [1.82, 2.24) is 9.88 Å². The van der Waals surface area contributed by atoms with Gasteiger partial charge in [-0.2, -0.15) is 0 Å². The molecule has 2 rings (SSSR count). The summed E-state index contributed by atoms with van der Waals surface area (Å²) in [6, 6.07) is 1.66. The van der Waals surface area contributed by atoms with E-state index in [1.54, 1.807) is 12.3 Å². The molecular weight excluding hydrogens is 278 g/mol. The third-order valence-corrected chi connectivity index (χ3v) is 3.65. The molecular formula is C14H20ClN3O2. The van der Waals surface area contributed by atoms with Gasteiger partial charge in [0.25, 0.3) is 5.91 Å². The summed E-state index contributed by atoms with van der Waals surface area (Å²) in [5.74, 6) is 0.552. The maximum atomic E-state index is 12.3. The third-order valence-electron chi connectivity index (χ3n) is 3.36. The van der Waals surface area contributed by atoms with Crippen molar-refractivity contribution in [3.05, 3.63) is 22.8 Å². The first-order chi connectivity index (χ1) is 9.72. The summed E-state index contributed by atoms with van der Waals surface area (Å²) >= 11 is 6.13. The Balaban J connectivity index is 2.02. The Labute approximate surface area is 123 Å². The highest BCUT2D eigenvalue weighted by Gasteiger charge is 2.19. The standard InChI is InChI=1S/C14H20ClN3O2/c15-12-9-11(10-17-13(12)16-5-4-8-19)14(20)18-6-2-1-3-7-18/h9-10,19H,1-8H2,(H,16,17). The summed E-state index contributed by atoms with van der Waals surface area (Å²) in [4.78, 5) is 18.3. The lowest BCUT2D eigenvalue weighted by Gasteiger charge is -2.26. The highest BCUT2D eigenvalue weighted by Crippen LogP contribution is 2.21. The molecule has 110 valence electrons. The van der Waals surface area contributed by atoms with E-state index in [0.29, 0.717) is 29.4 Å². The van der Waals surface area contributed by atoms with Crippen molar-refractivity contribution in [2.75, 3.05) is 31.6 Å². The van der Waals surface area contributed by atoms with Crippen LogP contribution in [0.3, 0.4) is 0 Å². The number of piperidine rings is 1. The summed E-state index contributed by atoms with van der Waals surface area (Å²) in [6.45, 7) is 2.35. The Hall–Kier alpha value is -1.33. The van der Waals surface area contributed by atoms with Gasteiger partial charge in [-0.05, 0) is 31.7 Å². The number of nitrogens with zero attached hydrogens (tertiary/aromatic N) is 2. The smallest absolute Gasteiger partial charge is 0.255 e. The molecule has 1 aromatic rings. The molecule has 0 atom stereocenters. The van der Waals surface area contributed by atoms with Crippen molar-refractivity contribution in [3.63, 3.8) is 0 Å². The number of aromatic nitrogens is 1. The maximum Gasteiger partial charge on any atom is 0.255 e. The molecule has 6 heteroatoms. The van der Waals surface area contributed by atoms with Crippen LogP contribution < -0.4 is 5.32 Å². The van der Waals surface area contributed by atoms with Gasteiger partial charge in [0.2, 0.25) is 0 Å². The molecule has 0 saturated carbocycles. The minimum Gasteiger partial charge on any atom is -0.396 e. The number of halogens is 1. The lowest BCUT2D eigenvalue weighted by atomic mass is 10.1. The Bertz CT molecular complexity index is 462. The molecule has 1 aliphatic rings. The number of carbonyl (C=O) groups is 1. The van der Waals surface area contributed by atoms with E-state index in [-0.39, 0.29) is 12.5 Å².